The summed E-state index contributed by atoms with van der Waals surface area (Å²) in [7, 11) is 0. The lowest BCUT2D eigenvalue weighted by Crippen LogP contribution is -2.61. The van der Waals surface area contributed by atoms with Crippen LogP contribution in [-0.2, 0) is 16.5 Å². The number of amides is 1. The van der Waals surface area contributed by atoms with Crippen LogP contribution in [-0.4, -0.2) is 38.5 Å². The summed E-state index contributed by atoms with van der Waals surface area (Å²) >= 11 is 6.61. The van der Waals surface area contributed by atoms with E-state index < -0.39 is 23.0 Å². The number of aromatic nitrogens is 1. The second-order valence-corrected chi connectivity index (χ2v) is 9.34. The molecule has 0 saturated heterocycles. The van der Waals surface area contributed by atoms with Crippen molar-refractivity contribution in [3.8, 4) is 0 Å². The number of guanidine groups is 1. The van der Waals surface area contributed by atoms with Crippen LogP contribution in [0, 0.1) is 0 Å². The summed E-state index contributed by atoms with van der Waals surface area (Å²) < 4.78 is 39.0. The van der Waals surface area contributed by atoms with Crippen LogP contribution in [0.1, 0.15) is 44.4 Å². The summed E-state index contributed by atoms with van der Waals surface area (Å²) in [6.45, 7) is 3.43. The number of carbonyl (C=O) groups excluding carboxylic acids is 1. The Bertz CT molecular complexity index is 1130. The second kappa shape index (κ2) is 7.88. The highest BCUT2D eigenvalue weighted by atomic mass is 35.5. The molecule has 1 aromatic heterocycles. The number of nitrogens with two attached hydrogens (primary N) is 1. The Morgan fingerprint density at radius 2 is 1.97 bits per heavy atom. The van der Waals surface area contributed by atoms with Crippen LogP contribution in [0.4, 0.5) is 24.5 Å². The smallest absolute Gasteiger partial charge is 0.390 e. The molecule has 2 heterocycles. The van der Waals surface area contributed by atoms with Crippen molar-refractivity contribution in [2.45, 2.75) is 56.5 Å². The van der Waals surface area contributed by atoms with Gasteiger partial charge in [0.25, 0.3) is 0 Å². The van der Waals surface area contributed by atoms with Gasteiger partial charge >= 0.3 is 6.18 Å². The van der Waals surface area contributed by atoms with E-state index in [0.29, 0.717) is 24.1 Å². The monoisotopic (exact) mass is 481 g/mol. The van der Waals surface area contributed by atoms with Crippen LogP contribution in [0.2, 0.25) is 5.02 Å². The molecule has 4 rings (SSSR count). The number of rotatable bonds is 4. The third kappa shape index (κ3) is 4.49. The summed E-state index contributed by atoms with van der Waals surface area (Å²) in [5.41, 5.74) is 4.26. The molecule has 1 aliphatic heterocycles. The van der Waals surface area contributed by atoms with E-state index in [1.165, 1.54) is 11.0 Å². The van der Waals surface area contributed by atoms with Crippen molar-refractivity contribution in [2.75, 3.05) is 5.32 Å². The average molecular weight is 482 g/mol. The first kappa shape index (κ1) is 23.3. The van der Waals surface area contributed by atoms with Gasteiger partial charge in [-0.3, -0.25) is 14.7 Å². The fraction of sp³-hybridized carbons (Fsp3) is 0.409. The number of benzene rings is 1. The Hall–Kier alpha value is -2.85. The average Bonchev–Trinajstić information content (AvgIpc) is 2.67. The van der Waals surface area contributed by atoms with E-state index in [2.05, 4.69) is 15.3 Å². The van der Waals surface area contributed by atoms with Gasteiger partial charge in [0.15, 0.2) is 5.96 Å². The molecule has 1 aromatic carbocycles. The van der Waals surface area contributed by atoms with Gasteiger partial charge < -0.3 is 16.2 Å². The van der Waals surface area contributed by atoms with E-state index in [0.717, 1.165) is 12.3 Å². The summed E-state index contributed by atoms with van der Waals surface area (Å²) in [5.74, 6) is -0.184. The van der Waals surface area contributed by atoms with E-state index in [1.54, 1.807) is 32.0 Å². The number of alkyl halides is 3. The lowest BCUT2D eigenvalue weighted by molar-refractivity contribution is -0.141. The molecule has 0 unspecified atom stereocenters. The molecular formula is C22H23ClF3N5O2. The van der Waals surface area contributed by atoms with Crippen LogP contribution in [0.3, 0.4) is 0 Å². The number of halogens is 4. The van der Waals surface area contributed by atoms with Gasteiger partial charge in [-0.1, -0.05) is 23.7 Å². The van der Waals surface area contributed by atoms with Gasteiger partial charge in [-0.2, -0.15) is 13.2 Å². The molecular weight excluding hydrogens is 459 g/mol. The SMILES string of the molecule is CC1(O)CC(N2C(=O)C[C@@](C)(c3cccc(Nc4ccnc(C(F)(F)F)c4)c3Cl)N=C2N)C1. The molecule has 1 aliphatic carbocycles. The van der Waals surface area contributed by atoms with E-state index in [4.69, 9.17) is 17.3 Å². The molecule has 1 saturated carbocycles. The van der Waals surface area contributed by atoms with Gasteiger partial charge in [-0.05, 0) is 44.9 Å². The van der Waals surface area contributed by atoms with E-state index >= 15 is 0 Å². The maximum atomic E-state index is 13.0. The summed E-state index contributed by atoms with van der Waals surface area (Å²) in [6.07, 6.45) is -2.69. The van der Waals surface area contributed by atoms with Crippen molar-refractivity contribution in [1.29, 1.82) is 0 Å². The number of aliphatic hydroxyl groups is 1. The molecule has 2 aromatic rings. The van der Waals surface area contributed by atoms with Crippen molar-refractivity contribution in [1.82, 2.24) is 9.88 Å². The maximum Gasteiger partial charge on any atom is 0.433 e. The Morgan fingerprint density at radius 1 is 1.27 bits per heavy atom. The standard InChI is InChI=1S/C22H23ClF3N5O2/c1-20(33)9-13(10-20)31-17(32)11-21(2,30-19(31)27)14-4-3-5-15(18(14)23)29-12-6-7-28-16(8-12)22(24,25)26/h3-8,13,33H,9-11H2,1-2H3,(H2,27,30)(H,28,29)/t13?,20?,21-/m0/s1. The number of anilines is 2. The summed E-state index contributed by atoms with van der Waals surface area (Å²) in [4.78, 5) is 22.3. The third-order valence-corrected chi connectivity index (χ3v) is 6.40. The number of pyridine rings is 1. The van der Waals surface area contributed by atoms with Crippen molar-refractivity contribution in [3.05, 3.63) is 52.8 Å². The van der Waals surface area contributed by atoms with Crippen molar-refractivity contribution in [2.24, 2.45) is 10.7 Å². The number of hydrogen-bond acceptors (Lipinski definition) is 6. The number of nitrogens with zero attached hydrogens (tertiary/aromatic N) is 3. The van der Waals surface area contributed by atoms with Gasteiger partial charge in [0.05, 0.1) is 28.3 Å². The molecule has 0 bridgehead atoms. The molecule has 7 nitrogen and oxygen atoms in total. The zero-order chi connectivity index (χ0) is 24.2. The number of hydrogen-bond donors (Lipinski definition) is 3. The predicted octanol–water partition coefficient (Wildman–Crippen LogP) is 4.17. The van der Waals surface area contributed by atoms with Crippen LogP contribution in [0.5, 0.6) is 0 Å². The number of aliphatic imine (C=N–C) groups is 1. The molecule has 1 amide bonds. The first-order chi connectivity index (χ1) is 15.3. The fourth-order valence-electron chi connectivity index (χ4n) is 4.40. The fourth-order valence-corrected chi connectivity index (χ4v) is 4.78. The topological polar surface area (TPSA) is 104 Å². The molecule has 1 fully saturated rings. The highest BCUT2D eigenvalue weighted by Crippen LogP contribution is 2.43. The number of carbonyl (C=O) groups is 1. The van der Waals surface area contributed by atoms with E-state index in [1.807, 2.05) is 0 Å². The third-order valence-electron chi connectivity index (χ3n) is 6.00. The lowest BCUT2D eigenvalue weighted by atomic mass is 9.75. The van der Waals surface area contributed by atoms with E-state index in [-0.39, 0.29) is 35.0 Å². The first-order valence-corrected chi connectivity index (χ1v) is 10.7. The summed E-state index contributed by atoms with van der Waals surface area (Å²) in [6, 6.07) is 7.06. The Kier molecular flexibility index (Phi) is 5.57. The minimum Gasteiger partial charge on any atom is -0.390 e. The molecule has 0 spiro atoms. The zero-order valence-corrected chi connectivity index (χ0v) is 18.7. The molecule has 11 heteroatoms. The van der Waals surface area contributed by atoms with Gasteiger partial charge in [-0.15, -0.1) is 0 Å². The van der Waals surface area contributed by atoms with Crippen molar-refractivity contribution < 1.29 is 23.1 Å². The number of nitrogens with one attached hydrogen (secondary N) is 1. The minimum absolute atomic E-state index is 0.00297. The Balaban J connectivity index is 1.62. The van der Waals surface area contributed by atoms with Gasteiger partial charge in [0.2, 0.25) is 5.91 Å². The predicted molar refractivity (Wildman–Crippen MR) is 118 cm³/mol. The lowest BCUT2D eigenvalue weighted by Gasteiger charge is -2.48. The quantitative estimate of drug-likeness (QED) is 0.608. The highest BCUT2D eigenvalue weighted by Gasteiger charge is 2.48. The molecule has 0 radical (unpaired) electrons. The van der Waals surface area contributed by atoms with Crippen molar-refractivity contribution >= 4 is 34.8 Å². The van der Waals surface area contributed by atoms with Crippen LogP contribution >= 0.6 is 11.6 Å². The van der Waals surface area contributed by atoms with Gasteiger partial charge in [0.1, 0.15) is 5.69 Å². The highest BCUT2D eigenvalue weighted by molar-refractivity contribution is 6.34. The molecule has 176 valence electrons. The largest absolute Gasteiger partial charge is 0.433 e. The van der Waals surface area contributed by atoms with Crippen LogP contribution < -0.4 is 11.1 Å². The maximum absolute atomic E-state index is 13.0. The van der Waals surface area contributed by atoms with Crippen LogP contribution in [0.15, 0.2) is 41.5 Å². The van der Waals surface area contributed by atoms with Gasteiger partial charge in [-0.25, -0.2) is 4.99 Å². The van der Waals surface area contributed by atoms with Gasteiger partial charge in [0, 0.05) is 23.5 Å². The molecule has 33 heavy (non-hydrogen) atoms. The van der Waals surface area contributed by atoms with Crippen molar-refractivity contribution in [3.63, 3.8) is 0 Å². The Labute approximate surface area is 193 Å². The van der Waals surface area contributed by atoms with E-state index in [9.17, 15) is 23.1 Å². The molecule has 1 atom stereocenters. The normalized spacial score (nSPS) is 27.7. The first-order valence-electron chi connectivity index (χ1n) is 10.3. The van der Waals surface area contributed by atoms with Crippen LogP contribution in [0.25, 0.3) is 0 Å². The Morgan fingerprint density at radius 3 is 2.58 bits per heavy atom. The minimum atomic E-state index is -4.58. The second-order valence-electron chi connectivity index (χ2n) is 8.96. The zero-order valence-electron chi connectivity index (χ0n) is 17.9. The summed E-state index contributed by atoms with van der Waals surface area (Å²) in [5, 5.41) is 13.1. The molecule has 2 aliphatic rings. The molecule has 4 N–H and O–H groups in total.